The third-order valence-electron chi connectivity index (χ3n) is 10.9. The molecule has 2 atom stereocenters. The average Bonchev–Trinajstić information content (AvgIpc) is 3.23. The highest BCUT2D eigenvalue weighted by Gasteiger charge is 2.36. The molecule has 8 nitrogen and oxygen atoms in total. The fourth-order valence-corrected chi connectivity index (χ4v) is 9.53. The van der Waals surface area contributed by atoms with Crippen LogP contribution in [0.2, 0.25) is 0 Å². The third-order valence-corrected chi connectivity index (χ3v) is 12.9. The van der Waals surface area contributed by atoms with Crippen molar-refractivity contribution >= 4 is 23.0 Å². The number of para-hydroxylation sites is 4. The number of allylic oxidation sites excluding steroid dienone is 4. The van der Waals surface area contributed by atoms with Crippen LogP contribution >= 0.6 is 17.2 Å². The van der Waals surface area contributed by atoms with E-state index in [0.717, 1.165) is 28.9 Å². The standard InChI is InChI=1S/C54H64O8P2/c1-51(2,3)40-25-15-20-30-45(40)58-63(59-46-31-21-16-26-41(46)52(4,5)6)57-44-29-19-14-24-38(44)50(55)39-35-34-37(56-13)36-49(39)62-64(60-47-32-22-17-27-42(47)53(7,8)9)61-48-33-23-18-28-43(48)54(10,11)12/h14-27,29-36,43H,28H2,1-13H3. The highest BCUT2D eigenvalue weighted by molar-refractivity contribution is 7.43. The molecule has 6 rings (SSSR count). The summed E-state index contributed by atoms with van der Waals surface area (Å²) in [5.74, 6) is 3.34. The Morgan fingerprint density at radius 2 is 0.906 bits per heavy atom. The van der Waals surface area contributed by atoms with Gasteiger partial charge in [-0.05, 0) is 76.6 Å². The first-order valence-electron chi connectivity index (χ1n) is 21.8. The monoisotopic (exact) mass is 902 g/mol. The predicted octanol–water partition coefficient (Wildman–Crippen LogP) is 15.8. The lowest BCUT2D eigenvalue weighted by Gasteiger charge is -2.34. The number of carbonyl (C=O) groups excluding carboxylic acids is 1. The van der Waals surface area contributed by atoms with E-state index in [-0.39, 0.29) is 56.0 Å². The second-order valence-corrected chi connectivity index (χ2v) is 22.1. The summed E-state index contributed by atoms with van der Waals surface area (Å²) in [5, 5.41) is 0. The van der Waals surface area contributed by atoms with Gasteiger partial charge in [0.25, 0.3) is 0 Å². The first-order valence-corrected chi connectivity index (χ1v) is 24.0. The Labute approximate surface area is 384 Å². The third kappa shape index (κ3) is 12.1. The second kappa shape index (κ2) is 19.8. The fourth-order valence-electron chi connectivity index (χ4n) is 7.35. The second-order valence-electron chi connectivity index (χ2n) is 20.1. The van der Waals surface area contributed by atoms with Crippen molar-refractivity contribution in [1.82, 2.24) is 0 Å². The van der Waals surface area contributed by atoms with Gasteiger partial charge in [0.2, 0.25) is 5.78 Å². The van der Waals surface area contributed by atoms with Gasteiger partial charge in [0, 0.05) is 28.7 Å². The van der Waals surface area contributed by atoms with Crippen molar-refractivity contribution in [3.05, 3.63) is 167 Å². The molecule has 0 amide bonds. The van der Waals surface area contributed by atoms with E-state index in [9.17, 15) is 0 Å². The maximum absolute atomic E-state index is 15.1. The van der Waals surface area contributed by atoms with Crippen LogP contribution in [0.1, 0.15) is 122 Å². The van der Waals surface area contributed by atoms with Gasteiger partial charge in [-0.2, -0.15) is 0 Å². The van der Waals surface area contributed by atoms with E-state index in [1.165, 1.54) is 0 Å². The topological polar surface area (TPSA) is 81.7 Å². The van der Waals surface area contributed by atoms with E-state index in [4.69, 9.17) is 31.9 Å². The van der Waals surface area contributed by atoms with Gasteiger partial charge in [-0.1, -0.05) is 162 Å². The van der Waals surface area contributed by atoms with E-state index >= 15 is 4.79 Å². The van der Waals surface area contributed by atoms with Crippen molar-refractivity contribution in [1.29, 1.82) is 0 Å². The molecule has 0 bridgehead atoms. The summed E-state index contributed by atoms with van der Waals surface area (Å²) in [6.07, 6.45) is 6.92. The highest BCUT2D eigenvalue weighted by Crippen LogP contribution is 2.52. The maximum atomic E-state index is 15.1. The van der Waals surface area contributed by atoms with Crippen molar-refractivity contribution in [2.45, 2.75) is 106 Å². The molecule has 5 aromatic carbocycles. The van der Waals surface area contributed by atoms with Crippen molar-refractivity contribution in [3.63, 3.8) is 0 Å². The van der Waals surface area contributed by atoms with Crippen LogP contribution in [-0.4, -0.2) is 12.9 Å². The molecule has 338 valence electrons. The molecule has 0 N–H and O–H groups in total. The number of carbonyl (C=O) groups is 1. The van der Waals surface area contributed by atoms with Crippen molar-refractivity contribution in [3.8, 4) is 34.5 Å². The van der Waals surface area contributed by atoms with Crippen LogP contribution in [0.15, 0.2) is 139 Å². The first kappa shape index (κ1) is 48.2. The maximum Gasteiger partial charge on any atom is 0.530 e. The van der Waals surface area contributed by atoms with Crippen molar-refractivity contribution < 1.29 is 36.7 Å². The van der Waals surface area contributed by atoms with Gasteiger partial charge in [0.1, 0.15) is 40.3 Å². The van der Waals surface area contributed by atoms with Crippen LogP contribution in [0.25, 0.3) is 0 Å². The number of benzene rings is 5. The molecule has 0 heterocycles. The van der Waals surface area contributed by atoms with E-state index in [1.807, 2.05) is 91.0 Å². The number of methoxy groups -OCH3 is 1. The average molecular weight is 903 g/mol. The molecule has 0 saturated heterocycles. The van der Waals surface area contributed by atoms with Crippen LogP contribution in [0.5, 0.6) is 34.5 Å². The lowest BCUT2D eigenvalue weighted by atomic mass is 9.76. The summed E-state index contributed by atoms with van der Waals surface area (Å²) in [6, 6.07) is 35.9. The predicted molar refractivity (Wildman–Crippen MR) is 261 cm³/mol. The van der Waals surface area contributed by atoms with Gasteiger partial charge < -0.3 is 31.9 Å². The summed E-state index contributed by atoms with van der Waals surface area (Å²) in [5.41, 5.74) is 2.68. The highest BCUT2D eigenvalue weighted by atomic mass is 31.2. The minimum Gasteiger partial charge on any atom is -0.497 e. The van der Waals surface area contributed by atoms with Gasteiger partial charge >= 0.3 is 17.2 Å². The van der Waals surface area contributed by atoms with Crippen LogP contribution in [0.3, 0.4) is 0 Å². The lowest BCUT2D eigenvalue weighted by molar-refractivity contribution is 0.103. The van der Waals surface area contributed by atoms with Gasteiger partial charge in [-0.3, -0.25) is 4.79 Å². The molecule has 0 radical (unpaired) electrons. The molecule has 0 aliphatic heterocycles. The zero-order valence-corrected chi connectivity index (χ0v) is 41.4. The SMILES string of the molecule is COc1ccc(C(=O)c2ccccc2OP(Oc2ccccc2C(C)(C)C)Oc2ccccc2C(C)(C)C)c(OP(OC2=CC=CCC2C(C)(C)C)Oc2ccccc2C(C)(C)C)c1. The first-order chi connectivity index (χ1) is 30.1. The molecule has 0 saturated carbocycles. The zero-order valence-electron chi connectivity index (χ0n) is 39.6. The molecule has 0 spiro atoms. The summed E-state index contributed by atoms with van der Waals surface area (Å²) >= 11 is 0. The van der Waals surface area contributed by atoms with Crippen LogP contribution in [0, 0.1) is 11.3 Å². The molecule has 0 fully saturated rings. The van der Waals surface area contributed by atoms with Gasteiger partial charge in [-0.25, -0.2) is 0 Å². The van der Waals surface area contributed by atoms with E-state index in [1.54, 1.807) is 43.5 Å². The Morgan fingerprint density at radius 3 is 1.38 bits per heavy atom. The van der Waals surface area contributed by atoms with E-state index < -0.39 is 17.2 Å². The Bertz CT molecular complexity index is 2400. The van der Waals surface area contributed by atoms with E-state index in [2.05, 4.69) is 89.2 Å². The summed E-state index contributed by atoms with van der Waals surface area (Å²) < 4.78 is 46.2. The molecular weight excluding hydrogens is 839 g/mol. The Balaban J connectivity index is 1.41. The molecule has 5 aromatic rings. The summed E-state index contributed by atoms with van der Waals surface area (Å²) in [7, 11) is -2.78. The minimum atomic E-state index is -2.18. The lowest BCUT2D eigenvalue weighted by Crippen LogP contribution is -2.24. The number of rotatable bonds is 15. The molecule has 0 aromatic heterocycles. The number of hydrogen-bond acceptors (Lipinski definition) is 8. The Morgan fingerprint density at radius 1 is 0.500 bits per heavy atom. The van der Waals surface area contributed by atoms with Crippen LogP contribution in [0.4, 0.5) is 0 Å². The van der Waals surface area contributed by atoms with E-state index in [0.29, 0.717) is 23.0 Å². The van der Waals surface area contributed by atoms with Crippen LogP contribution in [-0.2, 0) is 20.8 Å². The molecule has 10 heteroatoms. The smallest absolute Gasteiger partial charge is 0.497 e. The molecular formula is C54H64O8P2. The van der Waals surface area contributed by atoms with Gasteiger partial charge in [0.05, 0.1) is 18.2 Å². The van der Waals surface area contributed by atoms with Crippen molar-refractivity contribution in [2.75, 3.05) is 7.11 Å². The van der Waals surface area contributed by atoms with Crippen LogP contribution < -0.4 is 27.4 Å². The quantitative estimate of drug-likeness (QED) is 0.0759. The molecule has 1 aliphatic carbocycles. The normalized spacial score (nSPS) is 14.9. The zero-order chi connectivity index (χ0) is 46.5. The largest absolute Gasteiger partial charge is 0.530 e. The molecule has 1 aliphatic rings. The Kier molecular flexibility index (Phi) is 14.9. The Hall–Kier alpha value is -5.29. The number of hydrogen-bond donors (Lipinski definition) is 0. The number of ether oxygens (including phenoxy) is 1. The molecule has 64 heavy (non-hydrogen) atoms. The summed E-state index contributed by atoms with van der Waals surface area (Å²) in [6.45, 7) is 25.8. The van der Waals surface area contributed by atoms with Gasteiger partial charge in [0.15, 0.2) is 0 Å². The van der Waals surface area contributed by atoms with Gasteiger partial charge in [-0.15, -0.1) is 0 Å². The summed E-state index contributed by atoms with van der Waals surface area (Å²) in [4.78, 5) is 15.1. The minimum absolute atomic E-state index is 0.0630. The van der Waals surface area contributed by atoms with Crippen molar-refractivity contribution in [2.24, 2.45) is 11.3 Å². The molecule has 2 unspecified atom stereocenters. The number of ketones is 1. The fraction of sp³-hybridized carbons (Fsp3) is 0.352.